The highest BCUT2D eigenvalue weighted by Gasteiger charge is 2.12. The molecule has 0 saturated carbocycles. The third-order valence-electron chi connectivity index (χ3n) is 3.04. The largest absolute Gasteiger partial charge is 0.269 e. The van der Waals surface area contributed by atoms with Crippen LogP contribution in [0.2, 0.25) is 0 Å². The Kier molecular flexibility index (Phi) is 3.53. The minimum absolute atomic E-state index is 0.0670. The third kappa shape index (κ3) is 2.71. The van der Waals surface area contributed by atoms with E-state index in [1.807, 2.05) is 36.5 Å². The number of nitro groups is 1. The Bertz CT molecular complexity index is 782. The molecule has 0 fully saturated rings. The van der Waals surface area contributed by atoms with Crippen LogP contribution < -0.4 is 0 Å². The van der Waals surface area contributed by atoms with Crippen molar-refractivity contribution in [3.8, 4) is 16.9 Å². The molecule has 1 heterocycles. The lowest BCUT2D eigenvalue weighted by Crippen LogP contribution is -1.94. The van der Waals surface area contributed by atoms with Gasteiger partial charge in [0, 0.05) is 23.9 Å². The molecule has 6 heteroatoms. The molecule has 1 aromatic heterocycles. The number of rotatable bonds is 3. The second-order valence-corrected chi connectivity index (χ2v) is 5.26. The lowest BCUT2D eigenvalue weighted by Gasteiger charge is -2.00. The van der Waals surface area contributed by atoms with Crippen LogP contribution in [0.25, 0.3) is 16.9 Å². The SMILES string of the molecule is O=[N+]([O-])c1ccc(-c2nn(-c3ccccc3)cc2Br)cc1. The zero-order chi connectivity index (χ0) is 14.8. The average Bonchev–Trinajstić information content (AvgIpc) is 2.90. The van der Waals surface area contributed by atoms with Gasteiger partial charge in [-0.2, -0.15) is 5.10 Å². The predicted molar refractivity (Wildman–Crippen MR) is 83.4 cm³/mol. The Morgan fingerprint density at radius 3 is 2.33 bits per heavy atom. The summed E-state index contributed by atoms with van der Waals surface area (Å²) in [6.45, 7) is 0. The average molecular weight is 344 g/mol. The van der Waals surface area contributed by atoms with Crippen molar-refractivity contribution in [2.24, 2.45) is 0 Å². The number of nitro benzene ring substituents is 1. The van der Waals surface area contributed by atoms with Crippen molar-refractivity contribution >= 4 is 21.6 Å². The van der Waals surface area contributed by atoms with Gasteiger partial charge in [-0.1, -0.05) is 18.2 Å². The van der Waals surface area contributed by atoms with Crippen molar-refractivity contribution < 1.29 is 4.92 Å². The smallest absolute Gasteiger partial charge is 0.258 e. The molecule has 2 aromatic carbocycles. The molecule has 0 bridgehead atoms. The fourth-order valence-electron chi connectivity index (χ4n) is 2.00. The summed E-state index contributed by atoms with van der Waals surface area (Å²) in [5.74, 6) is 0. The zero-order valence-corrected chi connectivity index (χ0v) is 12.4. The zero-order valence-electron chi connectivity index (χ0n) is 10.8. The lowest BCUT2D eigenvalue weighted by atomic mass is 10.1. The van der Waals surface area contributed by atoms with Crippen molar-refractivity contribution in [2.45, 2.75) is 0 Å². The number of aromatic nitrogens is 2. The van der Waals surface area contributed by atoms with E-state index in [-0.39, 0.29) is 5.69 Å². The van der Waals surface area contributed by atoms with Crippen molar-refractivity contribution in [2.75, 3.05) is 0 Å². The van der Waals surface area contributed by atoms with Crippen molar-refractivity contribution in [3.63, 3.8) is 0 Å². The number of benzene rings is 2. The fraction of sp³-hybridized carbons (Fsp3) is 0. The van der Waals surface area contributed by atoms with Crippen LogP contribution in [0.1, 0.15) is 0 Å². The van der Waals surface area contributed by atoms with Gasteiger partial charge < -0.3 is 0 Å². The lowest BCUT2D eigenvalue weighted by molar-refractivity contribution is -0.384. The van der Waals surface area contributed by atoms with E-state index in [2.05, 4.69) is 21.0 Å². The van der Waals surface area contributed by atoms with Gasteiger partial charge in [0.15, 0.2) is 0 Å². The van der Waals surface area contributed by atoms with E-state index in [1.165, 1.54) is 12.1 Å². The normalized spacial score (nSPS) is 10.5. The molecular formula is C15H10BrN3O2. The first kappa shape index (κ1) is 13.5. The van der Waals surface area contributed by atoms with Crippen molar-refractivity contribution in [1.82, 2.24) is 9.78 Å². The van der Waals surface area contributed by atoms with Crippen molar-refractivity contribution in [1.29, 1.82) is 0 Å². The molecule has 0 aliphatic rings. The molecule has 0 radical (unpaired) electrons. The number of nitrogens with zero attached hydrogens (tertiary/aromatic N) is 3. The van der Waals surface area contributed by atoms with E-state index in [0.717, 1.165) is 21.4 Å². The predicted octanol–water partition coefficient (Wildman–Crippen LogP) is 4.21. The van der Waals surface area contributed by atoms with Crippen LogP contribution in [0.5, 0.6) is 0 Å². The monoisotopic (exact) mass is 343 g/mol. The van der Waals surface area contributed by atoms with Crippen LogP contribution in [-0.4, -0.2) is 14.7 Å². The fourth-order valence-corrected chi connectivity index (χ4v) is 2.50. The van der Waals surface area contributed by atoms with Gasteiger partial charge in [-0.05, 0) is 40.2 Å². The number of hydrogen-bond acceptors (Lipinski definition) is 3. The highest BCUT2D eigenvalue weighted by atomic mass is 79.9. The van der Waals surface area contributed by atoms with Crippen LogP contribution in [0.15, 0.2) is 65.3 Å². The topological polar surface area (TPSA) is 61.0 Å². The van der Waals surface area contributed by atoms with Crippen LogP contribution in [0, 0.1) is 10.1 Å². The standard InChI is InChI=1S/C15H10BrN3O2/c16-14-10-18(12-4-2-1-3-5-12)17-15(14)11-6-8-13(9-7-11)19(20)21/h1-10H. The number of para-hydroxylation sites is 1. The molecule has 0 aliphatic carbocycles. The summed E-state index contributed by atoms with van der Waals surface area (Å²) in [5, 5.41) is 15.2. The molecule has 21 heavy (non-hydrogen) atoms. The quantitative estimate of drug-likeness (QED) is 0.528. The molecule has 0 saturated heterocycles. The van der Waals surface area contributed by atoms with Crippen LogP contribution in [0.4, 0.5) is 5.69 Å². The third-order valence-corrected chi connectivity index (χ3v) is 3.62. The van der Waals surface area contributed by atoms with E-state index in [4.69, 9.17) is 0 Å². The van der Waals surface area contributed by atoms with E-state index in [1.54, 1.807) is 16.8 Å². The summed E-state index contributed by atoms with van der Waals surface area (Å²) in [7, 11) is 0. The summed E-state index contributed by atoms with van der Waals surface area (Å²) in [5.41, 5.74) is 2.58. The van der Waals surface area contributed by atoms with Crippen LogP contribution in [0.3, 0.4) is 0 Å². The molecule has 0 spiro atoms. The first-order valence-corrected chi connectivity index (χ1v) is 7.00. The molecule has 0 unspecified atom stereocenters. The number of non-ortho nitro benzene ring substituents is 1. The van der Waals surface area contributed by atoms with Gasteiger partial charge in [-0.3, -0.25) is 10.1 Å². The Morgan fingerprint density at radius 1 is 1.05 bits per heavy atom. The minimum atomic E-state index is -0.415. The summed E-state index contributed by atoms with van der Waals surface area (Å²) < 4.78 is 2.60. The van der Waals surface area contributed by atoms with Crippen LogP contribution in [-0.2, 0) is 0 Å². The highest BCUT2D eigenvalue weighted by molar-refractivity contribution is 9.10. The van der Waals surface area contributed by atoms with Gasteiger partial charge in [0.1, 0.15) is 5.69 Å². The summed E-state index contributed by atoms with van der Waals surface area (Å²) >= 11 is 3.48. The first-order valence-electron chi connectivity index (χ1n) is 6.20. The Hall–Kier alpha value is -2.47. The summed E-state index contributed by atoms with van der Waals surface area (Å²) in [4.78, 5) is 10.3. The summed E-state index contributed by atoms with van der Waals surface area (Å²) in [6, 6.07) is 16.1. The Morgan fingerprint density at radius 2 is 1.71 bits per heavy atom. The first-order chi connectivity index (χ1) is 10.1. The van der Waals surface area contributed by atoms with Gasteiger partial charge in [-0.25, -0.2) is 4.68 Å². The van der Waals surface area contributed by atoms with Crippen LogP contribution >= 0.6 is 15.9 Å². The van der Waals surface area contributed by atoms with Gasteiger partial charge in [0.25, 0.3) is 5.69 Å². The van der Waals surface area contributed by atoms with Gasteiger partial charge in [0.2, 0.25) is 0 Å². The second kappa shape index (κ2) is 5.49. The molecule has 3 aromatic rings. The van der Waals surface area contributed by atoms with Gasteiger partial charge in [-0.15, -0.1) is 0 Å². The van der Waals surface area contributed by atoms with E-state index in [0.29, 0.717) is 0 Å². The molecule has 0 atom stereocenters. The Balaban J connectivity index is 2.00. The molecule has 104 valence electrons. The molecule has 5 nitrogen and oxygen atoms in total. The number of hydrogen-bond donors (Lipinski definition) is 0. The summed E-state index contributed by atoms with van der Waals surface area (Å²) in [6.07, 6.45) is 1.87. The Labute approximate surface area is 129 Å². The highest BCUT2D eigenvalue weighted by Crippen LogP contribution is 2.29. The van der Waals surface area contributed by atoms with Gasteiger partial charge >= 0.3 is 0 Å². The molecule has 3 rings (SSSR count). The molecular weight excluding hydrogens is 334 g/mol. The number of halogens is 1. The van der Waals surface area contributed by atoms with E-state index < -0.39 is 4.92 Å². The van der Waals surface area contributed by atoms with Crippen molar-refractivity contribution in [3.05, 3.63) is 75.4 Å². The minimum Gasteiger partial charge on any atom is -0.258 e. The molecule has 0 amide bonds. The van der Waals surface area contributed by atoms with E-state index in [9.17, 15) is 10.1 Å². The maximum atomic E-state index is 10.7. The molecule has 0 aliphatic heterocycles. The maximum Gasteiger partial charge on any atom is 0.269 e. The van der Waals surface area contributed by atoms with E-state index >= 15 is 0 Å². The van der Waals surface area contributed by atoms with Gasteiger partial charge in [0.05, 0.1) is 15.1 Å². The maximum absolute atomic E-state index is 10.7. The second-order valence-electron chi connectivity index (χ2n) is 4.41. The molecule has 0 N–H and O–H groups in total.